The summed E-state index contributed by atoms with van der Waals surface area (Å²) in [7, 11) is 3.15. The highest BCUT2D eigenvalue weighted by molar-refractivity contribution is 5.90. The van der Waals surface area contributed by atoms with Crippen molar-refractivity contribution >= 4 is 22.4 Å². The predicted octanol–water partition coefficient (Wildman–Crippen LogP) is 2.78. The number of ether oxygens (including phenoxy) is 2. The molecule has 0 aliphatic rings. The second-order valence-corrected chi connectivity index (χ2v) is 5.40. The van der Waals surface area contributed by atoms with Crippen LogP contribution in [0.5, 0.6) is 11.5 Å². The standard InChI is InChI=1S/C19H18N2O3/c1-23-17-9-16(10-18(11-17)24-2)20-19(22)13-21-8-7-14-5-3-4-6-15(14)12-21/h3-12H,13H2,1-2H3/p+1. The van der Waals surface area contributed by atoms with E-state index < -0.39 is 0 Å². The number of carbonyl (C=O) groups is 1. The molecule has 0 atom stereocenters. The van der Waals surface area contributed by atoms with Crippen molar-refractivity contribution in [1.82, 2.24) is 0 Å². The Kier molecular flexibility index (Phi) is 4.61. The van der Waals surface area contributed by atoms with Gasteiger partial charge in [0.1, 0.15) is 11.5 Å². The van der Waals surface area contributed by atoms with Crippen molar-refractivity contribution in [3.8, 4) is 11.5 Å². The van der Waals surface area contributed by atoms with E-state index in [4.69, 9.17) is 9.47 Å². The number of nitrogens with one attached hydrogen (secondary N) is 1. The number of pyridine rings is 1. The van der Waals surface area contributed by atoms with Gasteiger partial charge in [-0.1, -0.05) is 18.2 Å². The average Bonchev–Trinajstić information content (AvgIpc) is 2.61. The third-order valence-corrected chi connectivity index (χ3v) is 3.71. The highest BCUT2D eigenvalue weighted by atomic mass is 16.5. The first-order valence-electron chi connectivity index (χ1n) is 7.59. The summed E-state index contributed by atoms with van der Waals surface area (Å²) < 4.78 is 12.3. The maximum absolute atomic E-state index is 12.3. The molecule has 24 heavy (non-hydrogen) atoms. The summed E-state index contributed by atoms with van der Waals surface area (Å²) in [5, 5.41) is 5.11. The Hall–Kier alpha value is -3.08. The van der Waals surface area contributed by atoms with Crippen LogP contribution in [-0.4, -0.2) is 20.1 Å². The molecule has 1 N–H and O–H groups in total. The molecule has 0 unspecified atom stereocenters. The van der Waals surface area contributed by atoms with Gasteiger partial charge in [-0.25, -0.2) is 0 Å². The lowest BCUT2D eigenvalue weighted by atomic mass is 10.2. The van der Waals surface area contributed by atoms with Gasteiger partial charge in [0.15, 0.2) is 12.4 Å². The Morgan fingerprint density at radius 1 is 1.00 bits per heavy atom. The Morgan fingerprint density at radius 3 is 2.33 bits per heavy atom. The number of hydrogen-bond acceptors (Lipinski definition) is 3. The number of nitrogens with zero attached hydrogens (tertiary/aromatic N) is 1. The first-order chi connectivity index (χ1) is 11.7. The highest BCUT2D eigenvalue weighted by Crippen LogP contribution is 2.25. The molecule has 2 aromatic carbocycles. The SMILES string of the molecule is COc1cc(NC(=O)C[n+]2ccc3ccccc3c2)cc(OC)c1. The van der Waals surface area contributed by atoms with Gasteiger partial charge in [0.2, 0.25) is 6.54 Å². The van der Waals surface area contributed by atoms with Crippen LogP contribution in [0.1, 0.15) is 0 Å². The van der Waals surface area contributed by atoms with Gasteiger partial charge in [-0.3, -0.25) is 4.79 Å². The molecule has 0 saturated heterocycles. The summed E-state index contributed by atoms with van der Waals surface area (Å²) in [6.07, 6.45) is 3.86. The van der Waals surface area contributed by atoms with Gasteiger partial charge in [-0.2, -0.15) is 4.57 Å². The van der Waals surface area contributed by atoms with Gasteiger partial charge >= 0.3 is 0 Å². The second kappa shape index (κ2) is 7.00. The fraction of sp³-hybridized carbons (Fsp3) is 0.158. The molecule has 3 aromatic rings. The number of carbonyl (C=O) groups excluding carboxylic acids is 1. The molecule has 0 bridgehead atoms. The fourth-order valence-electron chi connectivity index (χ4n) is 2.52. The number of fused-ring (bicyclic) bond motifs is 1. The van der Waals surface area contributed by atoms with Crippen molar-refractivity contribution in [3.63, 3.8) is 0 Å². The molecule has 1 amide bonds. The lowest BCUT2D eigenvalue weighted by Gasteiger charge is -2.09. The van der Waals surface area contributed by atoms with E-state index in [2.05, 4.69) is 5.32 Å². The van der Waals surface area contributed by atoms with E-state index in [-0.39, 0.29) is 12.5 Å². The zero-order valence-corrected chi connectivity index (χ0v) is 13.7. The highest BCUT2D eigenvalue weighted by Gasteiger charge is 2.12. The van der Waals surface area contributed by atoms with Crippen molar-refractivity contribution in [2.24, 2.45) is 0 Å². The zero-order valence-electron chi connectivity index (χ0n) is 13.7. The molecule has 0 aliphatic heterocycles. The molecule has 5 nitrogen and oxygen atoms in total. The number of benzene rings is 2. The summed E-state index contributed by atoms with van der Waals surface area (Å²) in [6.45, 7) is 0.227. The number of amides is 1. The molecule has 5 heteroatoms. The zero-order chi connectivity index (χ0) is 16.9. The minimum atomic E-state index is -0.120. The van der Waals surface area contributed by atoms with Crippen molar-refractivity contribution in [2.45, 2.75) is 6.54 Å². The predicted molar refractivity (Wildman–Crippen MR) is 92.3 cm³/mol. The van der Waals surface area contributed by atoms with E-state index in [0.29, 0.717) is 17.2 Å². The molecule has 1 aromatic heterocycles. The molecule has 0 spiro atoms. The van der Waals surface area contributed by atoms with Gasteiger partial charge in [-0.05, 0) is 11.5 Å². The lowest BCUT2D eigenvalue weighted by molar-refractivity contribution is -0.682. The van der Waals surface area contributed by atoms with Crippen LogP contribution in [0.2, 0.25) is 0 Å². The minimum Gasteiger partial charge on any atom is -0.497 e. The van der Waals surface area contributed by atoms with Crippen LogP contribution < -0.4 is 19.4 Å². The summed E-state index contributed by atoms with van der Waals surface area (Å²) in [5.41, 5.74) is 0.637. The maximum Gasteiger partial charge on any atom is 0.290 e. The lowest BCUT2D eigenvalue weighted by Crippen LogP contribution is -2.39. The maximum atomic E-state index is 12.3. The van der Waals surface area contributed by atoms with Gasteiger partial charge in [0, 0.05) is 35.3 Å². The molecule has 0 radical (unpaired) electrons. The van der Waals surface area contributed by atoms with Gasteiger partial charge in [-0.15, -0.1) is 0 Å². The minimum absolute atomic E-state index is 0.120. The van der Waals surface area contributed by atoms with Crippen LogP contribution in [0, 0.1) is 0 Å². The van der Waals surface area contributed by atoms with Gasteiger partial charge in [0.05, 0.1) is 14.2 Å². The molecule has 0 aliphatic carbocycles. The third kappa shape index (κ3) is 3.63. The topological polar surface area (TPSA) is 51.4 Å². The Labute approximate surface area is 140 Å². The van der Waals surface area contributed by atoms with Crippen molar-refractivity contribution in [3.05, 3.63) is 60.9 Å². The second-order valence-electron chi connectivity index (χ2n) is 5.40. The van der Waals surface area contributed by atoms with E-state index in [9.17, 15) is 4.79 Å². The van der Waals surface area contributed by atoms with E-state index in [1.807, 2.05) is 47.3 Å². The Bertz CT molecular complexity index is 855. The quantitative estimate of drug-likeness (QED) is 0.735. The van der Waals surface area contributed by atoms with Crippen molar-refractivity contribution in [2.75, 3.05) is 19.5 Å². The van der Waals surface area contributed by atoms with Crippen LogP contribution in [0.15, 0.2) is 60.9 Å². The van der Waals surface area contributed by atoms with E-state index in [0.717, 1.165) is 10.8 Å². The fourth-order valence-corrected chi connectivity index (χ4v) is 2.52. The molecule has 3 rings (SSSR count). The van der Waals surface area contributed by atoms with Crippen molar-refractivity contribution < 1.29 is 18.8 Å². The smallest absolute Gasteiger partial charge is 0.290 e. The van der Waals surface area contributed by atoms with E-state index in [1.54, 1.807) is 32.4 Å². The monoisotopic (exact) mass is 323 g/mol. The Balaban J connectivity index is 1.74. The van der Waals surface area contributed by atoms with E-state index >= 15 is 0 Å². The van der Waals surface area contributed by atoms with Crippen molar-refractivity contribution in [1.29, 1.82) is 0 Å². The number of aromatic nitrogens is 1. The molecule has 1 heterocycles. The molecule has 0 saturated carbocycles. The molecule has 122 valence electrons. The van der Waals surface area contributed by atoms with Crippen LogP contribution in [0.4, 0.5) is 5.69 Å². The van der Waals surface area contributed by atoms with Crippen LogP contribution in [0.3, 0.4) is 0 Å². The molecular formula is C19H19N2O3+. The van der Waals surface area contributed by atoms with Crippen LogP contribution in [0.25, 0.3) is 10.8 Å². The molecular weight excluding hydrogens is 304 g/mol. The largest absolute Gasteiger partial charge is 0.497 e. The average molecular weight is 323 g/mol. The first-order valence-corrected chi connectivity index (χ1v) is 7.59. The number of hydrogen-bond donors (Lipinski definition) is 1. The van der Waals surface area contributed by atoms with E-state index in [1.165, 1.54) is 0 Å². The number of anilines is 1. The summed E-state index contributed by atoms with van der Waals surface area (Å²) in [6, 6.07) is 15.3. The summed E-state index contributed by atoms with van der Waals surface area (Å²) >= 11 is 0. The normalized spacial score (nSPS) is 10.4. The van der Waals surface area contributed by atoms with Crippen LogP contribution in [-0.2, 0) is 11.3 Å². The Morgan fingerprint density at radius 2 is 1.67 bits per heavy atom. The summed E-state index contributed by atoms with van der Waals surface area (Å²) in [4.78, 5) is 12.3. The van der Waals surface area contributed by atoms with Gasteiger partial charge < -0.3 is 14.8 Å². The summed E-state index contributed by atoms with van der Waals surface area (Å²) in [5.74, 6) is 1.14. The first kappa shape index (κ1) is 15.8. The number of methoxy groups -OCH3 is 2. The number of rotatable bonds is 5. The molecule has 0 fully saturated rings. The van der Waals surface area contributed by atoms with Crippen LogP contribution >= 0.6 is 0 Å². The third-order valence-electron chi connectivity index (χ3n) is 3.71. The van der Waals surface area contributed by atoms with Gasteiger partial charge in [0.25, 0.3) is 5.91 Å².